The van der Waals surface area contributed by atoms with E-state index in [2.05, 4.69) is 27.5 Å². The average molecular weight is 443 g/mol. The zero-order valence-corrected chi connectivity index (χ0v) is 17.5. The van der Waals surface area contributed by atoms with Crippen LogP contribution in [0.2, 0.25) is 0 Å². The molecule has 1 heterocycles. The van der Waals surface area contributed by atoms with Gasteiger partial charge in [-0.1, -0.05) is 36.4 Å². The van der Waals surface area contributed by atoms with Crippen molar-refractivity contribution in [2.75, 3.05) is 11.1 Å². The summed E-state index contributed by atoms with van der Waals surface area (Å²) in [6.07, 6.45) is 0.575. The van der Waals surface area contributed by atoms with Gasteiger partial charge in [0.05, 0.1) is 29.9 Å². The van der Waals surface area contributed by atoms with Crippen LogP contribution in [-0.4, -0.2) is 22.6 Å². The lowest BCUT2D eigenvalue weighted by atomic mass is 10.1. The smallest absolute Gasteiger partial charge is 0.286 e. The number of nitrogens with one attached hydrogen (secondary N) is 1. The molecule has 0 aliphatic carbocycles. The maximum Gasteiger partial charge on any atom is 0.286 e. The van der Waals surface area contributed by atoms with Crippen LogP contribution in [0.5, 0.6) is 0 Å². The number of nitrogens with two attached hydrogens (primary N) is 1. The van der Waals surface area contributed by atoms with Crippen molar-refractivity contribution in [1.82, 2.24) is 14.2 Å². The second kappa shape index (κ2) is 8.38. The molecule has 1 aromatic heterocycles. The van der Waals surface area contributed by atoms with E-state index in [4.69, 9.17) is 16.3 Å². The second-order valence-corrected chi connectivity index (χ2v) is 8.74. The lowest BCUT2D eigenvalue weighted by Gasteiger charge is -2.07. The molecule has 0 bridgehead atoms. The molecule has 0 aliphatic heterocycles. The zero-order valence-electron chi connectivity index (χ0n) is 16.7. The molecular formula is C22H17N7O2S. The average Bonchev–Trinajstić information content (AvgIpc) is 3.16. The number of fused-ring (bicyclic) bond motifs is 1. The minimum absolute atomic E-state index is 0.0158. The van der Waals surface area contributed by atoms with E-state index in [0.717, 1.165) is 16.5 Å². The minimum Gasteiger partial charge on any atom is -0.367 e. The number of aromatic nitrogens is 3. The van der Waals surface area contributed by atoms with Gasteiger partial charge in [0, 0.05) is 5.69 Å². The van der Waals surface area contributed by atoms with Crippen molar-refractivity contribution in [2.45, 2.75) is 17.7 Å². The molecule has 0 unspecified atom stereocenters. The molecule has 0 saturated carbocycles. The first-order chi connectivity index (χ1) is 15.4. The normalized spacial score (nSPS) is 11.1. The number of anilines is 3. The maximum atomic E-state index is 13.1. The topological polar surface area (TPSA) is 150 Å². The Labute approximate surface area is 184 Å². The van der Waals surface area contributed by atoms with E-state index in [1.807, 2.05) is 6.07 Å². The summed E-state index contributed by atoms with van der Waals surface area (Å²) >= 11 is 0. The molecule has 3 N–H and O–H groups in total. The molecule has 0 radical (unpaired) electrons. The van der Waals surface area contributed by atoms with Gasteiger partial charge < -0.3 is 11.1 Å². The van der Waals surface area contributed by atoms with Crippen molar-refractivity contribution in [2.24, 2.45) is 0 Å². The van der Waals surface area contributed by atoms with Crippen molar-refractivity contribution >= 4 is 38.4 Å². The van der Waals surface area contributed by atoms with E-state index in [-0.39, 0.29) is 23.2 Å². The van der Waals surface area contributed by atoms with Crippen LogP contribution < -0.4 is 11.1 Å². The second-order valence-electron chi connectivity index (χ2n) is 6.98. The number of rotatable bonds is 6. The highest BCUT2D eigenvalue weighted by molar-refractivity contribution is 7.90. The van der Waals surface area contributed by atoms with Crippen LogP contribution in [0, 0.1) is 22.7 Å². The lowest BCUT2D eigenvalue weighted by Crippen LogP contribution is -2.17. The van der Waals surface area contributed by atoms with Crippen LogP contribution in [0.15, 0.2) is 65.6 Å². The molecule has 4 rings (SSSR count). The summed E-state index contributed by atoms with van der Waals surface area (Å²) in [5, 5.41) is 26.1. The molecular weight excluding hydrogens is 426 g/mol. The van der Waals surface area contributed by atoms with Crippen molar-refractivity contribution in [1.29, 1.82) is 10.5 Å². The Bertz CT molecular complexity index is 1490. The minimum atomic E-state index is -4.08. The predicted molar refractivity (Wildman–Crippen MR) is 119 cm³/mol. The van der Waals surface area contributed by atoms with Gasteiger partial charge >= 0.3 is 0 Å². The fraction of sp³-hybridized carbons (Fsp3) is 0.0909. The van der Waals surface area contributed by atoms with Crippen LogP contribution in [0.3, 0.4) is 0 Å². The van der Waals surface area contributed by atoms with Gasteiger partial charge in [-0.25, -0.2) is 0 Å². The molecule has 0 atom stereocenters. The molecule has 0 amide bonds. The molecule has 9 nitrogen and oxygen atoms in total. The molecule has 0 spiro atoms. The van der Waals surface area contributed by atoms with E-state index in [1.165, 1.54) is 12.1 Å². The third kappa shape index (κ3) is 4.08. The van der Waals surface area contributed by atoms with E-state index in [0.29, 0.717) is 21.6 Å². The molecule has 0 saturated heterocycles. The van der Waals surface area contributed by atoms with Crippen molar-refractivity contribution in [3.8, 4) is 12.1 Å². The van der Waals surface area contributed by atoms with Crippen LogP contribution >= 0.6 is 0 Å². The first-order valence-corrected chi connectivity index (χ1v) is 11.0. The summed E-state index contributed by atoms with van der Waals surface area (Å²) < 4.78 is 26.9. The summed E-state index contributed by atoms with van der Waals surface area (Å²) in [5.74, 6) is -0.251. The van der Waals surface area contributed by atoms with Gasteiger partial charge in [-0.2, -0.15) is 23.9 Å². The molecule has 158 valence electrons. The quantitative estimate of drug-likeness (QED) is 0.461. The first-order valence-electron chi connectivity index (χ1n) is 9.51. The fourth-order valence-electron chi connectivity index (χ4n) is 3.20. The Morgan fingerprint density at radius 2 is 1.53 bits per heavy atom. The van der Waals surface area contributed by atoms with Gasteiger partial charge in [0.25, 0.3) is 10.0 Å². The Hall–Kier alpha value is -4.41. The van der Waals surface area contributed by atoms with Gasteiger partial charge in [0.1, 0.15) is 0 Å². The highest BCUT2D eigenvalue weighted by Crippen LogP contribution is 2.24. The van der Waals surface area contributed by atoms with E-state index >= 15 is 0 Å². The number of hydrogen-bond donors (Lipinski definition) is 2. The summed E-state index contributed by atoms with van der Waals surface area (Å²) in [7, 11) is -4.08. The van der Waals surface area contributed by atoms with Crippen molar-refractivity contribution in [3.63, 3.8) is 0 Å². The molecule has 32 heavy (non-hydrogen) atoms. The molecule has 10 heteroatoms. The highest BCUT2D eigenvalue weighted by Gasteiger charge is 2.23. The van der Waals surface area contributed by atoms with E-state index in [1.54, 1.807) is 42.5 Å². The number of hydrogen-bond acceptors (Lipinski definition) is 8. The van der Waals surface area contributed by atoms with Crippen LogP contribution in [0.1, 0.15) is 11.1 Å². The van der Waals surface area contributed by atoms with Crippen molar-refractivity contribution < 1.29 is 8.42 Å². The Morgan fingerprint density at radius 1 is 0.906 bits per heavy atom. The van der Waals surface area contributed by atoms with Crippen molar-refractivity contribution in [3.05, 3.63) is 71.8 Å². The van der Waals surface area contributed by atoms with E-state index in [9.17, 15) is 8.42 Å². The maximum absolute atomic E-state index is 13.1. The van der Waals surface area contributed by atoms with Crippen LogP contribution in [-0.2, 0) is 22.9 Å². The Kier molecular flexibility index (Phi) is 5.46. The summed E-state index contributed by atoms with van der Waals surface area (Å²) in [6, 6.07) is 21.3. The number of nitrogens with zero attached hydrogens (tertiary/aromatic N) is 5. The largest absolute Gasteiger partial charge is 0.367 e. The Morgan fingerprint density at radius 3 is 2.25 bits per heavy atom. The number of benzene rings is 3. The first kappa shape index (κ1) is 20.8. The number of nitrogen functional groups attached to an aromatic ring is 1. The summed E-state index contributed by atoms with van der Waals surface area (Å²) in [5.41, 5.74) is 8.19. The molecule has 3 aromatic carbocycles. The lowest BCUT2D eigenvalue weighted by molar-refractivity contribution is 0.581. The standard InChI is InChI=1S/C22H17N7O2S/c23-11-9-15-2-6-19(7-3-15)26-22-27-21(25)29(28-22)32(30,31)20-8-5-17-13-16(10-12-24)1-4-18(17)14-20/h1-8,13-14H,9-10H2,(H3,25,26,27,28). The van der Waals surface area contributed by atoms with Gasteiger partial charge in [-0.15, -0.1) is 9.19 Å². The highest BCUT2D eigenvalue weighted by atomic mass is 32.2. The van der Waals surface area contributed by atoms with Gasteiger partial charge in [0.15, 0.2) is 0 Å². The van der Waals surface area contributed by atoms with Gasteiger partial charge in [-0.3, -0.25) is 0 Å². The van der Waals surface area contributed by atoms with Gasteiger partial charge in [-0.05, 0) is 46.2 Å². The Balaban J connectivity index is 1.63. The summed E-state index contributed by atoms with van der Waals surface area (Å²) in [6.45, 7) is 0. The summed E-state index contributed by atoms with van der Waals surface area (Å²) in [4.78, 5) is 4.02. The van der Waals surface area contributed by atoms with Crippen LogP contribution in [0.25, 0.3) is 10.8 Å². The molecule has 4 aromatic rings. The molecule has 0 aliphatic rings. The third-order valence-electron chi connectivity index (χ3n) is 4.78. The van der Waals surface area contributed by atoms with Gasteiger partial charge in [0.2, 0.25) is 11.9 Å². The molecule has 0 fully saturated rings. The van der Waals surface area contributed by atoms with Crippen LogP contribution in [0.4, 0.5) is 17.6 Å². The zero-order chi connectivity index (χ0) is 22.7. The monoisotopic (exact) mass is 443 g/mol. The fourth-order valence-corrected chi connectivity index (χ4v) is 4.39. The SMILES string of the molecule is N#CCc1ccc(Nc2nc(N)n(S(=O)(=O)c3ccc4cc(CC#N)ccc4c3)n2)cc1. The van der Waals surface area contributed by atoms with E-state index < -0.39 is 10.0 Å². The predicted octanol–water partition coefficient (Wildman–Crippen LogP) is 3.13. The number of nitriles is 2. The third-order valence-corrected chi connectivity index (χ3v) is 6.35.